The summed E-state index contributed by atoms with van der Waals surface area (Å²) < 4.78 is 7.43. The highest BCUT2D eigenvalue weighted by atomic mass is 16.5. The first kappa shape index (κ1) is 16.2. The fraction of sp³-hybridized carbons (Fsp3) is 0.500. The lowest BCUT2D eigenvalue weighted by molar-refractivity contribution is 0.0140. The van der Waals surface area contributed by atoms with E-state index in [0.717, 1.165) is 31.7 Å². The maximum absolute atomic E-state index is 6.08. The topological polar surface area (TPSA) is 56.3 Å². The number of aryl methyl sites for hydroxylation is 2. The Morgan fingerprint density at radius 3 is 2.87 bits per heavy atom. The fourth-order valence-corrected chi connectivity index (χ4v) is 3.10. The third kappa shape index (κ3) is 3.63. The van der Waals surface area contributed by atoms with Crippen molar-refractivity contribution in [3.05, 3.63) is 47.3 Å². The molecule has 3 rings (SSSR count). The molecule has 2 heterocycles. The van der Waals surface area contributed by atoms with Gasteiger partial charge in [-0.05, 0) is 43.5 Å². The molecule has 0 saturated carbocycles. The molecule has 23 heavy (non-hydrogen) atoms. The number of rotatable bonds is 4. The zero-order chi connectivity index (χ0) is 16.4. The van der Waals surface area contributed by atoms with Gasteiger partial charge >= 0.3 is 0 Å². The monoisotopic (exact) mass is 314 g/mol. The number of piperidine rings is 1. The second-order valence-electron chi connectivity index (χ2n) is 6.52. The molecule has 0 bridgehead atoms. The summed E-state index contributed by atoms with van der Waals surface area (Å²) in [6, 6.07) is 6.57. The van der Waals surface area contributed by atoms with Crippen molar-refractivity contribution in [3.8, 4) is 5.69 Å². The fourth-order valence-electron chi connectivity index (χ4n) is 3.10. The summed E-state index contributed by atoms with van der Waals surface area (Å²) in [7, 11) is 1.74. The van der Waals surface area contributed by atoms with E-state index < -0.39 is 0 Å². The van der Waals surface area contributed by atoms with Gasteiger partial charge < -0.3 is 10.5 Å². The van der Waals surface area contributed by atoms with Crippen LogP contribution in [0, 0.1) is 13.8 Å². The lowest BCUT2D eigenvalue weighted by Gasteiger charge is -2.35. The maximum Gasteiger partial charge on any atom is 0.0849 e. The molecule has 0 unspecified atom stereocenters. The van der Waals surface area contributed by atoms with Gasteiger partial charge in [-0.3, -0.25) is 4.90 Å². The van der Waals surface area contributed by atoms with Crippen molar-refractivity contribution in [1.29, 1.82) is 0 Å². The zero-order valence-electron chi connectivity index (χ0n) is 14.2. The van der Waals surface area contributed by atoms with Gasteiger partial charge in [-0.1, -0.05) is 6.07 Å². The molecular formula is C18H26N4O. The van der Waals surface area contributed by atoms with Crippen LogP contribution in [0.25, 0.3) is 5.69 Å². The van der Waals surface area contributed by atoms with Gasteiger partial charge in [0.1, 0.15) is 0 Å². The second kappa shape index (κ2) is 6.83. The van der Waals surface area contributed by atoms with E-state index in [1.165, 1.54) is 16.7 Å². The van der Waals surface area contributed by atoms with Gasteiger partial charge in [0.25, 0.3) is 0 Å². The van der Waals surface area contributed by atoms with E-state index in [2.05, 4.69) is 48.2 Å². The Labute approximate surface area is 138 Å². The van der Waals surface area contributed by atoms with Crippen LogP contribution in [0.2, 0.25) is 0 Å². The minimum atomic E-state index is 0.124. The molecule has 1 aromatic carbocycles. The smallest absolute Gasteiger partial charge is 0.0849 e. The Balaban J connectivity index is 1.68. The minimum Gasteiger partial charge on any atom is -0.379 e. The summed E-state index contributed by atoms with van der Waals surface area (Å²) in [4.78, 5) is 2.39. The number of likely N-dealkylation sites (tertiary alicyclic amines) is 1. The van der Waals surface area contributed by atoms with Crippen molar-refractivity contribution in [2.45, 2.75) is 39.0 Å². The largest absolute Gasteiger partial charge is 0.379 e. The molecule has 2 N–H and O–H groups in total. The van der Waals surface area contributed by atoms with E-state index in [0.29, 0.717) is 0 Å². The van der Waals surface area contributed by atoms with E-state index in [4.69, 9.17) is 10.5 Å². The van der Waals surface area contributed by atoms with Crippen LogP contribution in [-0.4, -0.2) is 47.0 Å². The lowest BCUT2D eigenvalue weighted by atomic mass is 10.0. The molecule has 1 saturated heterocycles. The van der Waals surface area contributed by atoms with Gasteiger partial charge in [-0.2, -0.15) is 5.10 Å². The molecule has 0 amide bonds. The van der Waals surface area contributed by atoms with Gasteiger partial charge in [0.05, 0.1) is 18.0 Å². The van der Waals surface area contributed by atoms with Gasteiger partial charge in [-0.25, -0.2) is 4.68 Å². The first-order valence-corrected chi connectivity index (χ1v) is 8.18. The van der Waals surface area contributed by atoms with Crippen molar-refractivity contribution < 1.29 is 4.74 Å². The standard InChI is InChI=1S/C18H26N4O/c1-13-4-5-16(8-14(13)2)22-11-15(9-20-22)10-21-7-6-17(19)18(12-21)23-3/h4-5,8-9,11,17-18H,6-7,10,12,19H2,1-3H3/t17-,18+/m0/s1. The number of nitrogens with two attached hydrogens (primary N) is 1. The molecule has 2 aromatic rings. The van der Waals surface area contributed by atoms with Crippen LogP contribution in [0.5, 0.6) is 0 Å². The van der Waals surface area contributed by atoms with Crippen molar-refractivity contribution in [2.75, 3.05) is 20.2 Å². The molecule has 0 spiro atoms. The Morgan fingerprint density at radius 2 is 2.13 bits per heavy atom. The highest BCUT2D eigenvalue weighted by Crippen LogP contribution is 2.17. The van der Waals surface area contributed by atoms with E-state index in [1.54, 1.807) is 7.11 Å². The molecule has 1 fully saturated rings. The van der Waals surface area contributed by atoms with Crippen LogP contribution in [0.4, 0.5) is 0 Å². The summed E-state index contributed by atoms with van der Waals surface area (Å²) in [5, 5.41) is 4.51. The second-order valence-corrected chi connectivity index (χ2v) is 6.52. The zero-order valence-corrected chi connectivity index (χ0v) is 14.2. The summed E-state index contributed by atoms with van der Waals surface area (Å²) in [5.74, 6) is 0. The quantitative estimate of drug-likeness (QED) is 0.938. The van der Waals surface area contributed by atoms with Crippen LogP contribution in [-0.2, 0) is 11.3 Å². The Kier molecular flexibility index (Phi) is 4.80. The molecule has 1 aliphatic rings. The summed E-state index contributed by atoms with van der Waals surface area (Å²) >= 11 is 0. The number of aromatic nitrogens is 2. The van der Waals surface area contributed by atoms with E-state index in [1.807, 2.05) is 10.9 Å². The van der Waals surface area contributed by atoms with E-state index in [9.17, 15) is 0 Å². The number of nitrogens with zero attached hydrogens (tertiary/aromatic N) is 3. The van der Waals surface area contributed by atoms with Gasteiger partial charge in [0.2, 0.25) is 0 Å². The number of ether oxygens (including phenoxy) is 1. The van der Waals surface area contributed by atoms with E-state index >= 15 is 0 Å². The molecule has 5 nitrogen and oxygen atoms in total. The lowest BCUT2D eigenvalue weighted by Crippen LogP contribution is -2.51. The normalized spacial score (nSPS) is 22.4. The number of hydrogen-bond acceptors (Lipinski definition) is 4. The van der Waals surface area contributed by atoms with Gasteiger partial charge in [-0.15, -0.1) is 0 Å². The Hall–Kier alpha value is -1.69. The van der Waals surface area contributed by atoms with Crippen molar-refractivity contribution in [1.82, 2.24) is 14.7 Å². The predicted molar refractivity (Wildman–Crippen MR) is 91.7 cm³/mol. The van der Waals surface area contributed by atoms with Crippen molar-refractivity contribution in [3.63, 3.8) is 0 Å². The molecule has 5 heteroatoms. The molecule has 124 valence electrons. The van der Waals surface area contributed by atoms with Crippen LogP contribution in [0.1, 0.15) is 23.1 Å². The van der Waals surface area contributed by atoms with Crippen molar-refractivity contribution in [2.24, 2.45) is 5.73 Å². The first-order chi connectivity index (χ1) is 11.1. The number of methoxy groups -OCH3 is 1. The Morgan fingerprint density at radius 1 is 1.30 bits per heavy atom. The molecular weight excluding hydrogens is 288 g/mol. The average molecular weight is 314 g/mol. The maximum atomic E-state index is 6.08. The Bertz CT molecular complexity index is 667. The number of hydrogen-bond donors (Lipinski definition) is 1. The van der Waals surface area contributed by atoms with Crippen LogP contribution in [0.15, 0.2) is 30.6 Å². The minimum absolute atomic E-state index is 0.124. The average Bonchev–Trinajstić information content (AvgIpc) is 3.00. The highest BCUT2D eigenvalue weighted by Gasteiger charge is 2.26. The van der Waals surface area contributed by atoms with Crippen LogP contribution >= 0.6 is 0 Å². The summed E-state index contributed by atoms with van der Waals surface area (Å²) in [5.41, 5.74) is 11.0. The molecule has 2 atom stereocenters. The predicted octanol–water partition coefficient (Wildman–Crippen LogP) is 2.04. The van der Waals surface area contributed by atoms with Gasteiger partial charge in [0, 0.05) is 44.5 Å². The summed E-state index contributed by atoms with van der Waals surface area (Å²) in [6.07, 6.45) is 5.16. The SMILES string of the molecule is CO[C@@H]1CN(Cc2cnn(-c3ccc(C)c(C)c3)c2)CC[C@@H]1N. The first-order valence-electron chi connectivity index (χ1n) is 8.18. The highest BCUT2D eigenvalue weighted by molar-refractivity contribution is 5.39. The molecule has 0 aliphatic carbocycles. The molecule has 0 radical (unpaired) electrons. The van der Waals surface area contributed by atoms with Crippen molar-refractivity contribution >= 4 is 0 Å². The third-order valence-electron chi connectivity index (χ3n) is 4.79. The van der Waals surface area contributed by atoms with Crippen LogP contribution < -0.4 is 5.73 Å². The molecule has 1 aliphatic heterocycles. The van der Waals surface area contributed by atoms with E-state index in [-0.39, 0.29) is 12.1 Å². The third-order valence-corrected chi connectivity index (χ3v) is 4.79. The van der Waals surface area contributed by atoms with Crippen LogP contribution in [0.3, 0.4) is 0 Å². The number of benzene rings is 1. The summed E-state index contributed by atoms with van der Waals surface area (Å²) in [6.45, 7) is 7.03. The molecule has 1 aromatic heterocycles. The van der Waals surface area contributed by atoms with Gasteiger partial charge in [0.15, 0.2) is 0 Å².